The lowest BCUT2D eigenvalue weighted by atomic mass is 10.1. The summed E-state index contributed by atoms with van der Waals surface area (Å²) in [7, 11) is 1.65. The zero-order valence-electron chi connectivity index (χ0n) is 16.7. The van der Waals surface area contributed by atoms with Crippen molar-refractivity contribution in [3.05, 3.63) is 88.9 Å². The van der Waals surface area contributed by atoms with Gasteiger partial charge in [0.1, 0.15) is 5.75 Å². The molecule has 4 aromatic rings. The molecular weight excluding hydrogens is 478 g/mol. The predicted octanol–water partition coefficient (Wildman–Crippen LogP) is 4.48. The maximum absolute atomic E-state index is 12.4. The molecule has 2 heterocycles. The van der Waals surface area contributed by atoms with Gasteiger partial charge in [0.05, 0.1) is 12.9 Å². The van der Waals surface area contributed by atoms with E-state index in [0.29, 0.717) is 11.6 Å². The van der Waals surface area contributed by atoms with Gasteiger partial charge in [-0.15, -0.1) is 10.2 Å². The number of hydrogen-bond donors (Lipinski definition) is 1. The van der Waals surface area contributed by atoms with Crippen molar-refractivity contribution in [2.75, 3.05) is 18.2 Å². The van der Waals surface area contributed by atoms with Crippen molar-refractivity contribution in [1.82, 2.24) is 19.5 Å². The van der Waals surface area contributed by atoms with E-state index in [9.17, 15) is 4.79 Å². The highest BCUT2D eigenvalue weighted by atomic mass is 79.9. The number of nitrogens with one attached hydrogen (secondary N) is 1. The van der Waals surface area contributed by atoms with Crippen LogP contribution in [0, 0.1) is 0 Å². The van der Waals surface area contributed by atoms with Crippen LogP contribution in [0.5, 0.6) is 5.75 Å². The van der Waals surface area contributed by atoms with E-state index >= 15 is 0 Å². The summed E-state index contributed by atoms with van der Waals surface area (Å²) >= 11 is 4.75. The summed E-state index contributed by atoms with van der Waals surface area (Å²) in [6.45, 7) is 0. The third-order valence-corrected chi connectivity index (χ3v) is 5.87. The van der Waals surface area contributed by atoms with Crippen molar-refractivity contribution in [2.24, 2.45) is 0 Å². The summed E-state index contributed by atoms with van der Waals surface area (Å²) in [4.78, 5) is 12.4. The zero-order valence-corrected chi connectivity index (χ0v) is 19.1. The molecule has 0 saturated carbocycles. The van der Waals surface area contributed by atoms with E-state index in [-0.39, 0.29) is 11.7 Å². The molecule has 0 radical (unpaired) electrons. The van der Waals surface area contributed by atoms with E-state index in [2.05, 4.69) is 31.4 Å². The molecule has 0 unspecified atom stereocenters. The number of anilines is 1. The Balaban J connectivity index is 1.50. The van der Waals surface area contributed by atoms with Crippen LogP contribution in [0.1, 0.15) is 11.4 Å². The third kappa shape index (κ3) is 5.36. The molecule has 158 valence electrons. The van der Waals surface area contributed by atoms with E-state index in [1.165, 1.54) is 11.8 Å². The minimum absolute atomic E-state index is 0.109. The molecular formula is C22H20BrN5O2S. The molecule has 31 heavy (non-hydrogen) atoms. The van der Waals surface area contributed by atoms with E-state index in [4.69, 9.17) is 4.74 Å². The van der Waals surface area contributed by atoms with Gasteiger partial charge in [-0.25, -0.2) is 4.68 Å². The number of amides is 1. The molecule has 1 amide bonds. The number of thioether (sulfide) groups is 1. The van der Waals surface area contributed by atoms with Crippen LogP contribution in [-0.4, -0.2) is 38.3 Å². The standard InChI is InChI=1S/C22H20BrN5O2S/c1-30-19-9-7-16(8-10-19)13-20-25-26-22(28(20)27-11-2-3-12-27)31-15-21(29)24-18-6-4-5-17(23)14-18/h2-12,14H,13,15H2,1H3,(H,24,29). The number of aromatic nitrogens is 4. The highest BCUT2D eigenvalue weighted by molar-refractivity contribution is 9.10. The molecule has 2 aromatic heterocycles. The molecule has 7 nitrogen and oxygen atoms in total. The van der Waals surface area contributed by atoms with Gasteiger partial charge in [0.15, 0.2) is 5.82 Å². The van der Waals surface area contributed by atoms with Gasteiger partial charge in [-0.1, -0.05) is 45.9 Å². The number of hydrogen-bond acceptors (Lipinski definition) is 5. The van der Waals surface area contributed by atoms with Crippen LogP contribution in [0.4, 0.5) is 5.69 Å². The van der Waals surface area contributed by atoms with Crippen LogP contribution in [0.3, 0.4) is 0 Å². The second-order valence-electron chi connectivity index (χ2n) is 6.65. The van der Waals surface area contributed by atoms with Crippen LogP contribution >= 0.6 is 27.7 Å². The summed E-state index contributed by atoms with van der Waals surface area (Å²) in [6, 6.07) is 19.2. The Morgan fingerprint density at radius 2 is 1.87 bits per heavy atom. The van der Waals surface area contributed by atoms with Gasteiger partial charge >= 0.3 is 0 Å². The first-order valence-corrected chi connectivity index (χ1v) is 11.3. The van der Waals surface area contributed by atoms with E-state index < -0.39 is 0 Å². The maximum atomic E-state index is 12.4. The van der Waals surface area contributed by atoms with E-state index in [1.54, 1.807) is 7.11 Å². The number of rotatable bonds is 8. The first-order valence-electron chi connectivity index (χ1n) is 9.51. The van der Waals surface area contributed by atoms with Crippen LogP contribution in [0.25, 0.3) is 0 Å². The molecule has 4 rings (SSSR count). The topological polar surface area (TPSA) is 74.0 Å². The summed E-state index contributed by atoms with van der Waals surface area (Å²) in [5, 5.41) is 12.3. The summed E-state index contributed by atoms with van der Waals surface area (Å²) in [5.41, 5.74) is 1.83. The number of carbonyl (C=O) groups excluding carboxylic acids is 1. The lowest BCUT2D eigenvalue weighted by Gasteiger charge is -2.11. The molecule has 0 aliphatic carbocycles. The number of carbonyl (C=O) groups is 1. The van der Waals surface area contributed by atoms with Gasteiger partial charge in [0, 0.05) is 29.0 Å². The molecule has 0 aliphatic rings. The minimum atomic E-state index is -0.109. The summed E-state index contributed by atoms with van der Waals surface area (Å²) in [5.74, 6) is 1.69. The maximum Gasteiger partial charge on any atom is 0.234 e. The quantitative estimate of drug-likeness (QED) is 0.363. The Bertz CT molecular complexity index is 1160. The van der Waals surface area contributed by atoms with Crippen molar-refractivity contribution in [3.63, 3.8) is 0 Å². The molecule has 0 saturated heterocycles. The Morgan fingerprint density at radius 1 is 1.10 bits per heavy atom. The fourth-order valence-corrected chi connectivity index (χ4v) is 4.16. The first kappa shape index (κ1) is 21.2. The smallest absolute Gasteiger partial charge is 0.234 e. The van der Waals surface area contributed by atoms with Gasteiger partial charge in [-0.3, -0.25) is 9.47 Å². The molecule has 2 aromatic carbocycles. The van der Waals surface area contributed by atoms with Gasteiger partial charge in [-0.2, -0.15) is 0 Å². The zero-order chi connectivity index (χ0) is 21.6. The Hall–Kier alpha value is -3.04. The van der Waals surface area contributed by atoms with Crippen molar-refractivity contribution in [2.45, 2.75) is 11.6 Å². The number of methoxy groups -OCH3 is 1. The Morgan fingerprint density at radius 3 is 2.58 bits per heavy atom. The molecule has 0 fully saturated rings. The van der Waals surface area contributed by atoms with Crippen LogP contribution < -0.4 is 10.1 Å². The second-order valence-corrected chi connectivity index (χ2v) is 8.50. The van der Waals surface area contributed by atoms with E-state index in [1.807, 2.05) is 82.4 Å². The minimum Gasteiger partial charge on any atom is -0.497 e. The lowest BCUT2D eigenvalue weighted by Crippen LogP contribution is -2.16. The molecule has 9 heteroatoms. The van der Waals surface area contributed by atoms with E-state index in [0.717, 1.165) is 27.3 Å². The highest BCUT2D eigenvalue weighted by Crippen LogP contribution is 2.21. The fourth-order valence-electron chi connectivity index (χ4n) is 3.01. The second kappa shape index (κ2) is 9.84. The predicted molar refractivity (Wildman–Crippen MR) is 125 cm³/mol. The molecule has 0 bridgehead atoms. The monoisotopic (exact) mass is 497 g/mol. The van der Waals surface area contributed by atoms with Crippen LogP contribution in [0.15, 0.2) is 82.7 Å². The third-order valence-electron chi connectivity index (χ3n) is 4.46. The van der Waals surface area contributed by atoms with Gasteiger partial charge in [0.2, 0.25) is 11.1 Å². The summed E-state index contributed by atoms with van der Waals surface area (Å²) in [6.07, 6.45) is 4.44. The number of halogens is 1. The Labute approximate surface area is 192 Å². The number of ether oxygens (including phenoxy) is 1. The summed E-state index contributed by atoms with van der Waals surface area (Å²) < 4.78 is 9.97. The van der Waals surface area contributed by atoms with Crippen molar-refractivity contribution in [1.29, 1.82) is 0 Å². The van der Waals surface area contributed by atoms with Crippen LogP contribution in [0.2, 0.25) is 0 Å². The average Bonchev–Trinajstić information content (AvgIpc) is 3.42. The largest absolute Gasteiger partial charge is 0.497 e. The molecule has 0 spiro atoms. The van der Waals surface area contributed by atoms with Crippen molar-refractivity contribution in [3.8, 4) is 5.75 Å². The van der Waals surface area contributed by atoms with Gasteiger partial charge in [0.25, 0.3) is 0 Å². The first-order chi connectivity index (χ1) is 15.1. The fraction of sp³-hybridized carbons (Fsp3) is 0.136. The normalized spacial score (nSPS) is 10.8. The average molecular weight is 498 g/mol. The molecule has 0 atom stereocenters. The van der Waals surface area contributed by atoms with Crippen molar-refractivity contribution < 1.29 is 9.53 Å². The lowest BCUT2D eigenvalue weighted by molar-refractivity contribution is -0.113. The van der Waals surface area contributed by atoms with Crippen molar-refractivity contribution >= 4 is 39.3 Å². The SMILES string of the molecule is COc1ccc(Cc2nnc(SCC(=O)Nc3cccc(Br)c3)n2-n2cccc2)cc1. The van der Waals surface area contributed by atoms with Gasteiger partial charge in [-0.05, 0) is 48.0 Å². The van der Waals surface area contributed by atoms with Gasteiger partial charge < -0.3 is 10.1 Å². The molecule has 0 aliphatic heterocycles. The molecule has 1 N–H and O–H groups in total. The number of benzene rings is 2. The Kier molecular flexibility index (Phi) is 6.73. The highest BCUT2D eigenvalue weighted by Gasteiger charge is 2.16. The number of nitrogens with zero attached hydrogens (tertiary/aromatic N) is 4. The van der Waals surface area contributed by atoms with Crippen LogP contribution in [-0.2, 0) is 11.2 Å².